The number of aromatic nitrogens is 2. The van der Waals surface area contributed by atoms with Crippen molar-refractivity contribution >= 4 is 11.6 Å². The third-order valence-electron chi connectivity index (χ3n) is 4.44. The number of rotatable bonds is 6. The van der Waals surface area contributed by atoms with Gasteiger partial charge in [0.05, 0.1) is 6.10 Å². The van der Waals surface area contributed by atoms with E-state index in [1.807, 2.05) is 13.1 Å². The minimum absolute atomic E-state index is 0.147. The smallest absolute Gasteiger partial charge is 0.133 e. The van der Waals surface area contributed by atoms with Crippen LogP contribution in [-0.2, 0) is 0 Å². The molecule has 3 rings (SSSR count). The highest BCUT2D eigenvalue weighted by molar-refractivity contribution is 5.48. The van der Waals surface area contributed by atoms with Crippen LogP contribution in [0.4, 0.5) is 11.6 Å². The molecule has 5 nitrogen and oxygen atoms in total. The van der Waals surface area contributed by atoms with E-state index in [-0.39, 0.29) is 6.10 Å². The molecule has 2 atom stereocenters. The molecule has 0 spiro atoms. The summed E-state index contributed by atoms with van der Waals surface area (Å²) >= 11 is 0. The number of anilines is 2. The summed E-state index contributed by atoms with van der Waals surface area (Å²) in [5.74, 6) is 3.04. The minimum Gasteiger partial charge on any atom is -0.393 e. The SMILES string of the molecule is CN(C[C@H]1CCC[C@H]1O)c1cc(NCC2CC2)ncn1. The molecule has 0 radical (unpaired) electrons. The van der Waals surface area contributed by atoms with Crippen LogP contribution < -0.4 is 10.2 Å². The maximum absolute atomic E-state index is 9.92. The molecule has 2 fully saturated rings. The largest absolute Gasteiger partial charge is 0.393 e. The van der Waals surface area contributed by atoms with E-state index in [0.717, 1.165) is 49.9 Å². The molecule has 1 aromatic rings. The van der Waals surface area contributed by atoms with E-state index < -0.39 is 0 Å². The first-order valence-corrected chi connectivity index (χ1v) is 7.67. The molecule has 2 N–H and O–H groups in total. The molecule has 0 amide bonds. The number of aliphatic hydroxyl groups excluding tert-OH is 1. The summed E-state index contributed by atoms with van der Waals surface area (Å²) in [6.07, 6.45) is 7.34. The summed E-state index contributed by atoms with van der Waals surface area (Å²) in [7, 11) is 2.04. The van der Waals surface area contributed by atoms with Crippen LogP contribution in [0.5, 0.6) is 0 Å². The van der Waals surface area contributed by atoms with Crippen molar-refractivity contribution < 1.29 is 5.11 Å². The zero-order valence-electron chi connectivity index (χ0n) is 12.1. The highest BCUT2D eigenvalue weighted by Gasteiger charge is 2.26. The molecule has 5 heteroatoms. The highest BCUT2D eigenvalue weighted by Crippen LogP contribution is 2.29. The molecule has 20 heavy (non-hydrogen) atoms. The molecule has 0 unspecified atom stereocenters. The van der Waals surface area contributed by atoms with Gasteiger partial charge in [0, 0.05) is 32.1 Å². The molecule has 2 aliphatic carbocycles. The Bertz CT molecular complexity index is 449. The van der Waals surface area contributed by atoms with Crippen molar-refractivity contribution in [1.29, 1.82) is 0 Å². The van der Waals surface area contributed by atoms with Gasteiger partial charge in [0.15, 0.2) is 0 Å². The van der Waals surface area contributed by atoms with Gasteiger partial charge < -0.3 is 15.3 Å². The van der Waals surface area contributed by atoms with Crippen LogP contribution >= 0.6 is 0 Å². The predicted octanol–water partition coefficient (Wildman–Crippen LogP) is 1.90. The van der Waals surface area contributed by atoms with E-state index in [1.54, 1.807) is 6.33 Å². The van der Waals surface area contributed by atoms with E-state index in [4.69, 9.17) is 0 Å². The van der Waals surface area contributed by atoms with E-state index in [9.17, 15) is 5.11 Å². The molecule has 0 saturated heterocycles. The van der Waals surface area contributed by atoms with Crippen molar-refractivity contribution in [1.82, 2.24) is 9.97 Å². The third-order valence-corrected chi connectivity index (χ3v) is 4.44. The van der Waals surface area contributed by atoms with Gasteiger partial charge in [-0.15, -0.1) is 0 Å². The van der Waals surface area contributed by atoms with Gasteiger partial charge in [-0.3, -0.25) is 0 Å². The monoisotopic (exact) mass is 276 g/mol. The van der Waals surface area contributed by atoms with Crippen LogP contribution in [0, 0.1) is 11.8 Å². The van der Waals surface area contributed by atoms with E-state index >= 15 is 0 Å². The van der Waals surface area contributed by atoms with Gasteiger partial charge in [0.1, 0.15) is 18.0 Å². The molecule has 0 aliphatic heterocycles. The van der Waals surface area contributed by atoms with Gasteiger partial charge in [-0.25, -0.2) is 9.97 Å². The number of hydrogen-bond acceptors (Lipinski definition) is 5. The van der Waals surface area contributed by atoms with Crippen LogP contribution in [0.2, 0.25) is 0 Å². The summed E-state index contributed by atoms with van der Waals surface area (Å²) in [4.78, 5) is 10.7. The minimum atomic E-state index is -0.147. The van der Waals surface area contributed by atoms with Gasteiger partial charge in [-0.05, 0) is 31.6 Å². The van der Waals surface area contributed by atoms with Gasteiger partial charge in [0.25, 0.3) is 0 Å². The highest BCUT2D eigenvalue weighted by atomic mass is 16.3. The Balaban J connectivity index is 1.58. The summed E-state index contributed by atoms with van der Waals surface area (Å²) in [5.41, 5.74) is 0. The lowest BCUT2D eigenvalue weighted by atomic mass is 10.1. The fraction of sp³-hybridized carbons (Fsp3) is 0.733. The lowest BCUT2D eigenvalue weighted by molar-refractivity contribution is 0.136. The normalized spacial score (nSPS) is 25.7. The lowest BCUT2D eigenvalue weighted by Crippen LogP contribution is -2.30. The second-order valence-electron chi connectivity index (χ2n) is 6.22. The summed E-state index contributed by atoms with van der Waals surface area (Å²) in [6.45, 7) is 1.88. The second-order valence-corrected chi connectivity index (χ2v) is 6.22. The maximum Gasteiger partial charge on any atom is 0.133 e. The second kappa shape index (κ2) is 5.95. The Labute approximate surface area is 120 Å². The standard InChI is InChI=1S/C15H24N4O/c1-19(9-12-3-2-4-13(12)20)15-7-14(17-10-18-15)16-8-11-5-6-11/h7,10-13,20H,2-6,8-9H2,1H3,(H,16,17,18)/t12-,13-/m1/s1. The summed E-state index contributed by atoms with van der Waals surface area (Å²) < 4.78 is 0. The maximum atomic E-state index is 9.92. The zero-order valence-corrected chi connectivity index (χ0v) is 12.1. The Kier molecular flexibility index (Phi) is 4.05. The van der Waals surface area contributed by atoms with Crippen molar-refractivity contribution in [2.75, 3.05) is 30.4 Å². The third kappa shape index (κ3) is 3.39. The molecule has 0 aromatic carbocycles. The Morgan fingerprint density at radius 1 is 1.30 bits per heavy atom. The van der Waals surface area contributed by atoms with Gasteiger partial charge in [0.2, 0.25) is 0 Å². The Morgan fingerprint density at radius 3 is 2.85 bits per heavy atom. The van der Waals surface area contributed by atoms with Crippen LogP contribution in [0.1, 0.15) is 32.1 Å². The van der Waals surface area contributed by atoms with Crippen molar-refractivity contribution in [2.24, 2.45) is 11.8 Å². The van der Waals surface area contributed by atoms with Crippen molar-refractivity contribution in [3.05, 3.63) is 12.4 Å². The molecule has 1 heterocycles. The number of nitrogens with one attached hydrogen (secondary N) is 1. The number of hydrogen-bond donors (Lipinski definition) is 2. The molecular weight excluding hydrogens is 252 g/mol. The average Bonchev–Trinajstić information content (AvgIpc) is 3.21. The van der Waals surface area contributed by atoms with Crippen molar-refractivity contribution in [2.45, 2.75) is 38.2 Å². The molecular formula is C15H24N4O. The van der Waals surface area contributed by atoms with Crippen LogP contribution in [0.3, 0.4) is 0 Å². The fourth-order valence-corrected chi connectivity index (χ4v) is 2.90. The molecule has 2 saturated carbocycles. The lowest BCUT2D eigenvalue weighted by Gasteiger charge is -2.24. The first kappa shape index (κ1) is 13.6. The van der Waals surface area contributed by atoms with Crippen molar-refractivity contribution in [3.8, 4) is 0 Å². The quantitative estimate of drug-likeness (QED) is 0.831. The van der Waals surface area contributed by atoms with Gasteiger partial charge in [-0.2, -0.15) is 0 Å². The molecule has 0 bridgehead atoms. The Hall–Kier alpha value is -1.36. The zero-order chi connectivity index (χ0) is 13.9. The first-order chi connectivity index (χ1) is 9.72. The van der Waals surface area contributed by atoms with Gasteiger partial charge in [-0.1, -0.05) is 6.42 Å². The van der Waals surface area contributed by atoms with E-state index in [0.29, 0.717) is 5.92 Å². The van der Waals surface area contributed by atoms with E-state index in [1.165, 1.54) is 12.8 Å². The molecule has 110 valence electrons. The van der Waals surface area contributed by atoms with Crippen LogP contribution in [-0.4, -0.2) is 41.3 Å². The van der Waals surface area contributed by atoms with Gasteiger partial charge >= 0.3 is 0 Å². The predicted molar refractivity (Wildman–Crippen MR) is 79.9 cm³/mol. The average molecular weight is 276 g/mol. The summed E-state index contributed by atoms with van der Waals surface area (Å²) in [5, 5.41) is 13.3. The topological polar surface area (TPSA) is 61.3 Å². The first-order valence-electron chi connectivity index (χ1n) is 7.67. The molecule has 1 aromatic heterocycles. The fourth-order valence-electron chi connectivity index (χ4n) is 2.90. The number of aliphatic hydroxyl groups is 1. The van der Waals surface area contributed by atoms with Crippen LogP contribution in [0.25, 0.3) is 0 Å². The summed E-state index contributed by atoms with van der Waals surface area (Å²) in [6, 6.07) is 2.00. The Morgan fingerprint density at radius 2 is 2.15 bits per heavy atom. The van der Waals surface area contributed by atoms with Crippen molar-refractivity contribution in [3.63, 3.8) is 0 Å². The van der Waals surface area contributed by atoms with E-state index in [2.05, 4.69) is 20.2 Å². The molecule has 2 aliphatic rings. The number of nitrogens with zero attached hydrogens (tertiary/aromatic N) is 3. The van der Waals surface area contributed by atoms with Crippen LogP contribution in [0.15, 0.2) is 12.4 Å².